The molecule has 0 saturated heterocycles. The van der Waals surface area contributed by atoms with Gasteiger partial charge in [-0.25, -0.2) is 0 Å². The summed E-state index contributed by atoms with van der Waals surface area (Å²) in [5.41, 5.74) is 4.55. The molecule has 0 aromatic carbocycles. The molecule has 0 aliphatic rings. The second-order valence-electron chi connectivity index (χ2n) is 2.61. The second kappa shape index (κ2) is 4.66. The standard InChI is InChI=1S/C7H17NO2/c1-3-4-7(9,5-8)6-10-2/h9H,3-6,8H2,1-2H3. The summed E-state index contributed by atoms with van der Waals surface area (Å²) in [6, 6.07) is 0. The van der Waals surface area contributed by atoms with Crippen LogP contribution in [-0.4, -0.2) is 31.0 Å². The minimum atomic E-state index is -0.802. The minimum Gasteiger partial charge on any atom is -0.386 e. The van der Waals surface area contributed by atoms with Gasteiger partial charge in [-0.05, 0) is 6.42 Å². The smallest absolute Gasteiger partial charge is 0.100 e. The van der Waals surface area contributed by atoms with E-state index in [1.165, 1.54) is 0 Å². The van der Waals surface area contributed by atoms with E-state index in [1.807, 2.05) is 6.92 Å². The van der Waals surface area contributed by atoms with Gasteiger partial charge in [0.05, 0.1) is 6.61 Å². The third kappa shape index (κ3) is 3.15. The molecule has 0 heterocycles. The lowest BCUT2D eigenvalue weighted by atomic mass is 10.00. The number of hydrogen-bond donors (Lipinski definition) is 2. The minimum absolute atomic E-state index is 0.272. The van der Waals surface area contributed by atoms with Gasteiger partial charge in [-0.15, -0.1) is 0 Å². The van der Waals surface area contributed by atoms with Gasteiger partial charge >= 0.3 is 0 Å². The van der Waals surface area contributed by atoms with Gasteiger partial charge in [-0.2, -0.15) is 0 Å². The summed E-state index contributed by atoms with van der Waals surface area (Å²) in [5, 5.41) is 9.57. The topological polar surface area (TPSA) is 55.5 Å². The number of methoxy groups -OCH3 is 1. The zero-order valence-electron chi connectivity index (χ0n) is 6.76. The Kier molecular flexibility index (Phi) is 4.60. The molecule has 0 saturated carbocycles. The van der Waals surface area contributed by atoms with Crippen LogP contribution in [0.2, 0.25) is 0 Å². The summed E-state index contributed by atoms with van der Waals surface area (Å²) >= 11 is 0. The largest absolute Gasteiger partial charge is 0.386 e. The van der Waals surface area contributed by atoms with Crippen LogP contribution in [0, 0.1) is 0 Å². The molecule has 0 aliphatic heterocycles. The molecule has 0 aromatic rings. The highest BCUT2D eigenvalue weighted by atomic mass is 16.5. The van der Waals surface area contributed by atoms with E-state index in [0.717, 1.165) is 6.42 Å². The van der Waals surface area contributed by atoms with Crippen molar-refractivity contribution in [1.82, 2.24) is 0 Å². The van der Waals surface area contributed by atoms with Gasteiger partial charge in [-0.1, -0.05) is 13.3 Å². The average molecular weight is 147 g/mol. The highest BCUT2D eigenvalue weighted by Crippen LogP contribution is 2.10. The first-order valence-electron chi connectivity index (χ1n) is 3.60. The van der Waals surface area contributed by atoms with Crippen molar-refractivity contribution in [3.05, 3.63) is 0 Å². The normalized spacial score (nSPS) is 16.8. The van der Waals surface area contributed by atoms with Crippen LogP contribution in [0.4, 0.5) is 0 Å². The Balaban J connectivity index is 3.69. The summed E-state index contributed by atoms with van der Waals surface area (Å²) in [6.45, 7) is 2.61. The van der Waals surface area contributed by atoms with E-state index >= 15 is 0 Å². The van der Waals surface area contributed by atoms with Crippen LogP contribution in [-0.2, 0) is 4.74 Å². The highest BCUT2D eigenvalue weighted by Gasteiger charge is 2.23. The van der Waals surface area contributed by atoms with Crippen molar-refractivity contribution in [2.45, 2.75) is 25.4 Å². The maximum absolute atomic E-state index is 9.57. The second-order valence-corrected chi connectivity index (χ2v) is 2.61. The Bertz CT molecular complexity index is 79.7. The Morgan fingerprint density at radius 1 is 1.60 bits per heavy atom. The molecule has 3 heteroatoms. The van der Waals surface area contributed by atoms with Crippen molar-refractivity contribution in [2.24, 2.45) is 5.73 Å². The van der Waals surface area contributed by atoms with Crippen molar-refractivity contribution in [3.63, 3.8) is 0 Å². The van der Waals surface area contributed by atoms with Crippen LogP contribution < -0.4 is 5.73 Å². The summed E-state index contributed by atoms with van der Waals surface area (Å²) in [6.07, 6.45) is 1.63. The SMILES string of the molecule is CCCC(O)(CN)COC. The van der Waals surface area contributed by atoms with Crippen molar-refractivity contribution in [1.29, 1.82) is 0 Å². The van der Waals surface area contributed by atoms with Crippen LogP contribution in [0.15, 0.2) is 0 Å². The number of aliphatic hydroxyl groups is 1. The fourth-order valence-corrected chi connectivity index (χ4v) is 0.967. The van der Waals surface area contributed by atoms with E-state index < -0.39 is 5.60 Å². The lowest BCUT2D eigenvalue weighted by Crippen LogP contribution is -2.41. The van der Waals surface area contributed by atoms with Crippen LogP contribution in [0.1, 0.15) is 19.8 Å². The van der Waals surface area contributed by atoms with E-state index in [9.17, 15) is 5.11 Å². The molecule has 1 unspecified atom stereocenters. The number of ether oxygens (including phenoxy) is 1. The molecule has 0 bridgehead atoms. The first-order valence-corrected chi connectivity index (χ1v) is 3.60. The molecule has 1 atom stereocenters. The third-order valence-corrected chi connectivity index (χ3v) is 1.51. The molecule has 0 aromatic heterocycles. The molecular weight excluding hydrogens is 130 g/mol. The Morgan fingerprint density at radius 3 is 2.50 bits per heavy atom. The summed E-state index contributed by atoms with van der Waals surface area (Å²) in [7, 11) is 1.57. The number of nitrogens with two attached hydrogens (primary N) is 1. The van der Waals surface area contributed by atoms with E-state index in [0.29, 0.717) is 13.0 Å². The van der Waals surface area contributed by atoms with Crippen molar-refractivity contribution >= 4 is 0 Å². The molecule has 0 aliphatic carbocycles. The Morgan fingerprint density at radius 2 is 2.20 bits per heavy atom. The first kappa shape index (κ1) is 9.88. The first-order chi connectivity index (χ1) is 4.68. The molecule has 3 nitrogen and oxygen atoms in total. The average Bonchev–Trinajstić information content (AvgIpc) is 1.89. The molecule has 0 spiro atoms. The van der Waals surface area contributed by atoms with Gasteiger partial charge in [0.15, 0.2) is 0 Å². The Labute approximate surface area is 62.2 Å². The van der Waals surface area contributed by atoms with Crippen molar-refractivity contribution in [3.8, 4) is 0 Å². The van der Waals surface area contributed by atoms with Crippen LogP contribution in [0.25, 0.3) is 0 Å². The fraction of sp³-hybridized carbons (Fsp3) is 1.00. The zero-order chi connectivity index (χ0) is 8.04. The zero-order valence-corrected chi connectivity index (χ0v) is 6.76. The molecule has 0 fully saturated rings. The lowest BCUT2D eigenvalue weighted by molar-refractivity contribution is -0.0303. The maximum atomic E-state index is 9.57. The molecule has 10 heavy (non-hydrogen) atoms. The van der Waals surface area contributed by atoms with Gasteiger partial charge in [0.1, 0.15) is 5.60 Å². The summed E-state index contributed by atoms with van der Waals surface area (Å²) < 4.78 is 4.82. The van der Waals surface area contributed by atoms with E-state index in [-0.39, 0.29) is 6.54 Å². The highest BCUT2D eigenvalue weighted by molar-refractivity contribution is 4.77. The van der Waals surface area contributed by atoms with E-state index in [4.69, 9.17) is 10.5 Å². The number of rotatable bonds is 5. The van der Waals surface area contributed by atoms with Crippen molar-refractivity contribution < 1.29 is 9.84 Å². The molecule has 0 radical (unpaired) electrons. The quantitative estimate of drug-likeness (QED) is 0.581. The maximum Gasteiger partial charge on any atom is 0.100 e. The van der Waals surface area contributed by atoms with Crippen LogP contribution >= 0.6 is 0 Å². The predicted molar refractivity (Wildman–Crippen MR) is 40.8 cm³/mol. The van der Waals surface area contributed by atoms with Gasteiger partial charge in [0.2, 0.25) is 0 Å². The third-order valence-electron chi connectivity index (χ3n) is 1.51. The predicted octanol–water partition coefficient (Wildman–Crippen LogP) is 0.123. The van der Waals surface area contributed by atoms with E-state index in [2.05, 4.69) is 0 Å². The monoisotopic (exact) mass is 147 g/mol. The van der Waals surface area contributed by atoms with E-state index in [1.54, 1.807) is 7.11 Å². The van der Waals surface area contributed by atoms with Gasteiger partial charge in [0.25, 0.3) is 0 Å². The fourth-order valence-electron chi connectivity index (χ4n) is 0.967. The summed E-state index contributed by atoms with van der Waals surface area (Å²) in [4.78, 5) is 0. The van der Waals surface area contributed by atoms with Gasteiger partial charge in [0, 0.05) is 13.7 Å². The molecule has 0 rings (SSSR count). The van der Waals surface area contributed by atoms with Crippen LogP contribution in [0.5, 0.6) is 0 Å². The van der Waals surface area contributed by atoms with Gasteiger partial charge < -0.3 is 15.6 Å². The molecule has 62 valence electrons. The van der Waals surface area contributed by atoms with Crippen molar-refractivity contribution in [2.75, 3.05) is 20.3 Å². The molecular formula is C7H17NO2. The summed E-state index contributed by atoms with van der Waals surface area (Å²) in [5.74, 6) is 0. The van der Waals surface area contributed by atoms with Gasteiger partial charge in [-0.3, -0.25) is 0 Å². The van der Waals surface area contributed by atoms with Crippen LogP contribution in [0.3, 0.4) is 0 Å². The molecule has 0 amide bonds. The number of hydrogen-bond acceptors (Lipinski definition) is 3. The Hall–Kier alpha value is -0.120. The molecule has 3 N–H and O–H groups in total. The lowest BCUT2D eigenvalue weighted by Gasteiger charge is -2.24.